The number of imide groups is 1. The number of aromatic nitrogens is 1. The number of hydrogen-bond acceptors (Lipinski definition) is 3. The predicted molar refractivity (Wildman–Crippen MR) is 100 cm³/mol. The molecule has 2 heterocycles. The van der Waals surface area contributed by atoms with Crippen molar-refractivity contribution in [1.82, 2.24) is 4.98 Å². The van der Waals surface area contributed by atoms with Gasteiger partial charge in [-0.25, -0.2) is 4.90 Å². The fourth-order valence-electron chi connectivity index (χ4n) is 5.42. The maximum Gasteiger partial charge on any atom is 0.238 e. The third-order valence-corrected chi connectivity index (χ3v) is 6.37. The van der Waals surface area contributed by atoms with E-state index in [2.05, 4.69) is 29.2 Å². The Bertz CT molecular complexity index is 993. The van der Waals surface area contributed by atoms with Crippen LogP contribution in [0.25, 0.3) is 0 Å². The van der Waals surface area contributed by atoms with Crippen LogP contribution in [0.2, 0.25) is 0 Å². The number of carbonyl (C=O) groups is 2. The minimum absolute atomic E-state index is 0.0595. The lowest BCUT2D eigenvalue weighted by Gasteiger charge is -2.45. The predicted octanol–water partition coefficient (Wildman–Crippen LogP) is 3.48. The molecule has 0 N–H and O–H groups in total. The number of benzene rings is 2. The number of rotatable bonds is 1. The number of carbonyl (C=O) groups excluding carboxylic acids is 2. The van der Waals surface area contributed by atoms with Crippen LogP contribution in [-0.4, -0.2) is 16.8 Å². The highest BCUT2D eigenvalue weighted by molar-refractivity contribution is 6.23. The summed E-state index contributed by atoms with van der Waals surface area (Å²) in [7, 11) is 0. The number of anilines is 1. The quantitative estimate of drug-likeness (QED) is 0.630. The average molecular weight is 352 g/mol. The third kappa shape index (κ3) is 1.75. The van der Waals surface area contributed by atoms with Gasteiger partial charge in [-0.05, 0) is 34.4 Å². The Morgan fingerprint density at radius 2 is 1.04 bits per heavy atom. The summed E-state index contributed by atoms with van der Waals surface area (Å²) in [6, 6.07) is 20.0. The molecule has 1 saturated heterocycles. The molecule has 4 heteroatoms. The van der Waals surface area contributed by atoms with Crippen molar-refractivity contribution in [2.75, 3.05) is 4.90 Å². The van der Waals surface area contributed by atoms with Crippen molar-refractivity contribution in [3.63, 3.8) is 0 Å². The van der Waals surface area contributed by atoms with E-state index in [0.29, 0.717) is 5.69 Å². The highest BCUT2D eigenvalue weighted by atomic mass is 16.2. The van der Waals surface area contributed by atoms with Crippen LogP contribution in [0.15, 0.2) is 73.1 Å². The van der Waals surface area contributed by atoms with Gasteiger partial charge in [0.15, 0.2) is 0 Å². The van der Waals surface area contributed by atoms with E-state index >= 15 is 0 Å². The van der Waals surface area contributed by atoms with E-state index < -0.39 is 0 Å². The molecule has 1 aliphatic heterocycles. The summed E-state index contributed by atoms with van der Waals surface area (Å²) in [5.74, 6) is -0.960. The summed E-state index contributed by atoms with van der Waals surface area (Å²) < 4.78 is 0. The fraction of sp³-hybridized carbons (Fsp3) is 0.174. The molecule has 27 heavy (non-hydrogen) atoms. The topological polar surface area (TPSA) is 50.3 Å². The van der Waals surface area contributed by atoms with E-state index in [1.54, 1.807) is 24.5 Å². The van der Waals surface area contributed by atoms with Crippen LogP contribution in [-0.2, 0) is 9.59 Å². The van der Waals surface area contributed by atoms with Gasteiger partial charge >= 0.3 is 0 Å². The maximum atomic E-state index is 13.4. The van der Waals surface area contributed by atoms with Gasteiger partial charge in [-0.2, -0.15) is 0 Å². The number of nitrogens with zero attached hydrogens (tertiary/aromatic N) is 2. The highest BCUT2D eigenvalue weighted by Crippen LogP contribution is 2.61. The maximum absolute atomic E-state index is 13.4. The summed E-state index contributed by atoms with van der Waals surface area (Å²) in [4.78, 5) is 32.3. The highest BCUT2D eigenvalue weighted by Gasteiger charge is 2.61. The van der Waals surface area contributed by atoms with Gasteiger partial charge in [0.2, 0.25) is 11.8 Å². The Labute approximate surface area is 156 Å². The second-order valence-corrected chi connectivity index (χ2v) is 7.48. The van der Waals surface area contributed by atoms with Crippen molar-refractivity contribution in [3.8, 4) is 0 Å². The van der Waals surface area contributed by atoms with E-state index in [1.165, 1.54) is 27.2 Å². The molecule has 2 aromatic carbocycles. The van der Waals surface area contributed by atoms with Crippen LogP contribution in [0.1, 0.15) is 34.1 Å². The summed E-state index contributed by atoms with van der Waals surface area (Å²) in [6.45, 7) is 0. The molecule has 1 aromatic heterocycles. The molecule has 0 unspecified atom stereocenters. The molecule has 0 spiro atoms. The lowest BCUT2D eigenvalue weighted by atomic mass is 9.55. The normalized spacial score (nSPS) is 27.3. The Morgan fingerprint density at radius 3 is 1.44 bits per heavy atom. The zero-order chi connectivity index (χ0) is 18.1. The molecule has 3 aliphatic carbocycles. The second-order valence-electron chi connectivity index (χ2n) is 7.48. The largest absolute Gasteiger partial charge is 0.274 e. The molecule has 130 valence electrons. The lowest BCUT2D eigenvalue weighted by Crippen LogP contribution is -2.41. The summed E-state index contributed by atoms with van der Waals surface area (Å²) in [6.07, 6.45) is 3.24. The molecule has 7 rings (SSSR count). The standard InChI is InChI=1S/C23H16N2O2/c26-22-20-18-14-5-1-2-6-15(14)19(17-8-4-3-7-16(17)18)21(20)23(27)25(22)13-9-11-24-12-10-13/h1-12,18-21H/t18?,19?,20-,21+. The van der Waals surface area contributed by atoms with Gasteiger partial charge in [-0.1, -0.05) is 48.5 Å². The van der Waals surface area contributed by atoms with Crippen molar-refractivity contribution in [2.45, 2.75) is 11.8 Å². The summed E-state index contributed by atoms with van der Waals surface area (Å²) >= 11 is 0. The van der Waals surface area contributed by atoms with Crippen LogP contribution in [0, 0.1) is 11.8 Å². The van der Waals surface area contributed by atoms with Crippen LogP contribution in [0.5, 0.6) is 0 Å². The van der Waals surface area contributed by atoms with E-state index in [0.717, 1.165) is 0 Å². The van der Waals surface area contributed by atoms with Gasteiger partial charge in [0.05, 0.1) is 17.5 Å². The summed E-state index contributed by atoms with van der Waals surface area (Å²) in [5, 5.41) is 0. The van der Waals surface area contributed by atoms with Crippen LogP contribution < -0.4 is 4.90 Å². The van der Waals surface area contributed by atoms with Gasteiger partial charge in [-0.3, -0.25) is 14.6 Å². The second kappa shape index (κ2) is 5.13. The minimum atomic E-state index is -0.333. The zero-order valence-corrected chi connectivity index (χ0v) is 14.4. The zero-order valence-electron chi connectivity index (χ0n) is 14.4. The Hall–Kier alpha value is -3.27. The van der Waals surface area contributed by atoms with Crippen molar-refractivity contribution in [1.29, 1.82) is 0 Å². The Morgan fingerprint density at radius 1 is 0.630 bits per heavy atom. The van der Waals surface area contributed by atoms with Crippen LogP contribution in [0.3, 0.4) is 0 Å². The molecule has 4 nitrogen and oxygen atoms in total. The average Bonchev–Trinajstić information content (AvgIpc) is 3.00. The Balaban J connectivity index is 1.60. The van der Waals surface area contributed by atoms with Crippen LogP contribution in [0.4, 0.5) is 5.69 Å². The van der Waals surface area contributed by atoms with Gasteiger partial charge in [0, 0.05) is 24.2 Å². The number of pyridine rings is 1. The van der Waals surface area contributed by atoms with Crippen molar-refractivity contribution in [2.24, 2.45) is 11.8 Å². The molecule has 3 aromatic rings. The molecular weight excluding hydrogens is 336 g/mol. The minimum Gasteiger partial charge on any atom is -0.274 e. The Kier molecular flexibility index (Phi) is 2.82. The monoisotopic (exact) mass is 352 g/mol. The number of amides is 2. The first kappa shape index (κ1) is 14.9. The molecule has 4 aliphatic rings. The van der Waals surface area contributed by atoms with Gasteiger partial charge in [0.25, 0.3) is 0 Å². The SMILES string of the molecule is O=C1[C@@H]2C3c4ccccc4C(c4ccccc43)[C@@H]2C(=O)N1c1ccncc1. The first-order chi connectivity index (χ1) is 13.3. The van der Waals surface area contributed by atoms with Gasteiger partial charge in [0.1, 0.15) is 0 Å². The third-order valence-electron chi connectivity index (χ3n) is 6.37. The number of hydrogen-bond donors (Lipinski definition) is 0. The van der Waals surface area contributed by atoms with Crippen LogP contribution >= 0.6 is 0 Å². The van der Waals surface area contributed by atoms with E-state index in [9.17, 15) is 9.59 Å². The van der Waals surface area contributed by atoms with Crippen molar-refractivity contribution < 1.29 is 9.59 Å². The first-order valence-electron chi connectivity index (χ1n) is 9.23. The molecule has 1 fully saturated rings. The molecule has 2 atom stereocenters. The summed E-state index contributed by atoms with van der Waals surface area (Å²) in [5.41, 5.74) is 5.39. The van der Waals surface area contributed by atoms with E-state index in [-0.39, 0.29) is 35.5 Å². The van der Waals surface area contributed by atoms with Crippen molar-refractivity contribution >= 4 is 17.5 Å². The first-order valence-corrected chi connectivity index (χ1v) is 9.23. The van der Waals surface area contributed by atoms with Crippen molar-refractivity contribution in [3.05, 3.63) is 95.3 Å². The van der Waals surface area contributed by atoms with Gasteiger partial charge < -0.3 is 0 Å². The molecule has 0 radical (unpaired) electrons. The lowest BCUT2D eigenvalue weighted by molar-refractivity contribution is -0.122. The smallest absolute Gasteiger partial charge is 0.238 e. The molecule has 2 bridgehead atoms. The van der Waals surface area contributed by atoms with Gasteiger partial charge in [-0.15, -0.1) is 0 Å². The van der Waals surface area contributed by atoms with E-state index in [1.807, 2.05) is 24.3 Å². The molecule has 2 amide bonds. The molecule has 0 saturated carbocycles. The fourth-order valence-corrected chi connectivity index (χ4v) is 5.42. The molecular formula is C23H16N2O2. The van der Waals surface area contributed by atoms with E-state index in [4.69, 9.17) is 0 Å².